The van der Waals surface area contributed by atoms with E-state index in [1.807, 2.05) is 6.07 Å². The first-order valence-electron chi connectivity index (χ1n) is 9.62. The Hall–Kier alpha value is -3.01. The largest absolute Gasteiger partial charge is 0.436 e. The number of hydrogen-bond donors (Lipinski definition) is 0. The highest BCUT2D eigenvalue weighted by molar-refractivity contribution is 6.08. The highest BCUT2D eigenvalue weighted by Gasteiger charge is 2.42. The zero-order valence-corrected chi connectivity index (χ0v) is 15.5. The second kappa shape index (κ2) is 5.26. The van der Waals surface area contributed by atoms with Gasteiger partial charge >= 0.3 is 0 Å². The first-order chi connectivity index (χ1) is 13.2. The van der Waals surface area contributed by atoms with Crippen LogP contribution in [0.2, 0.25) is 0 Å². The number of fused-ring (bicyclic) bond motifs is 7. The number of benzene rings is 2. The van der Waals surface area contributed by atoms with Gasteiger partial charge in [0.15, 0.2) is 5.58 Å². The van der Waals surface area contributed by atoms with Crippen LogP contribution in [-0.4, -0.2) is 23.7 Å². The summed E-state index contributed by atoms with van der Waals surface area (Å²) in [5.41, 5.74) is 6.98. The van der Waals surface area contributed by atoms with E-state index in [9.17, 15) is 0 Å². The number of aromatic nitrogens is 1. The van der Waals surface area contributed by atoms with Crippen molar-refractivity contribution in [3.63, 3.8) is 0 Å². The zero-order valence-electron chi connectivity index (χ0n) is 15.5. The van der Waals surface area contributed by atoms with Gasteiger partial charge in [0.2, 0.25) is 5.71 Å². The molecule has 6 rings (SSSR count). The molecule has 134 valence electrons. The molecule has 0 aliphatic carbocycles. The van der Waals surface area contributed by atoms with Crippen LogP contribution in [0, 0.1) is 6.92 Å². The molecule has 2 bridgehead atoms. The standard InChI is InChI=1S/C23H21N3O/c1-14-9-10-18-19-7-5-11-24-23(19)27-22(18)21(14)26-15(2)25-13-17(26)12-16-6-3-4-8-20(16)25/h3-11,15,17H,12-13H2,1-2H3. The molecule has 2 aliphatic heterocycles. The summed E-state index contributed by atoms with van der Waals surface area (Å²) in [6, 6.07) is 17.7. The molecule has 4 heteroatoms. The normalized spacial score (nSPS) is 21.3. The minimum atomic E-state index is 0.295. The van der Waals surface area contributed by atoms with Gasteiger partial charge in [0.1, 0.15) is 0 Å². The lowest BCUT2D eigenvalue weighted by atomic mass is 9.99. The summed E-state index contributed by atoms with van der Waals surface area (Å²) < 4.78 is 6.28. The number of furan rings is 1. The molecule has 4 heterocycles. The Bertz CT molecular complexity index is 1190. The highest BCUT2D eigenvalue weighted by Crippen LogP contribution is 2.44. The van der Waals surface area contributed by atoms with Crippen molar-refractivity contribution in [1.29, 1.82) is 0 Å². The van der Waals surface area contributed by atoms with Crippen molar-refractivity contribution in [3.05, 3.63) is 65.9 Å². The summed E-state index contributed by atoms with van der Waals surface area (Å²) in [4.78, 5) is 9.54. The van der Waals surface area contributed by atoms with Crippen molar-refractivity contribution in [1.82, 2.24) is 4.98 Å². The molecule has 27 heavy (non-hydrogen) atoms. The monoisotopic (exact) mass is 355 g/mol. The molecule has 1 saturated heterocycles. The summed E-state index contributed by atoms with van der Waals surface area (Å²) in [5, 5.41) is 2.24. The first kappa shape index (κ1) is 15.1. The highest BCUT2D eigenvalue weighted by atomic mass is 16.3. The third-order valence-corrected chi connectivity index (χ3v) is 6.26. The van der Waals surface area contributed by atoms with Crippen LogP contribution in [-0.2, 0) is 6.42 Å². The van der Waals surface area contributed by atoms with Gasteiger partial charge in [-0.25, -0.2) is 4.98 Å². The Balaban J connectivity index is 1.58. The molecule has 2 aromatic carbocycles. The average Bonchev–Trinajstić information content (AvgIpc) is 3.18. The minimum Gasteiger partial charge on any atom is -0.436 e. The molecule has 0 spiro atoms. The topological polar surface area (TPSA) is 32.5 Å². The Morgan fingerprint density at radius 1 is 1.04 bits per heavy atom. The fourth-order valence-electron chi connectivity index (χ4n) is 5.05. The molecule has 0 saturated carbocycles. The lowest BCUT2D eigenvalue weighted by Crippen LogP contribution is -2.38. The number of anilines is 2. The van der Waals surface area contributed by atoms with Gasteiger partial charge in [-0.05, 0) is 49.6 Å². The second-order valence-corrected chi connectivity index (χ2v) is 7.74. The van der Waals surface area contributed by atoms with Crippen LogP contribution >= 0.6 is 0 Å². The van der Waals surface area contributed by atoms with Crippen molar-refractivity contribution in [2.45, 2.75) is 32.5 Å². The maximum atomic E-state index is 6.28. The summed E-state index contributed by atoms with van der Waals surface area (Å²) in [5.74, 6) is 0. The molecule has 0 amide bonds. The molecule has 1 fully saturated rings. The van der Waals surface area contributed by atoms with Gasteiger partial charge in [0.05, 0.1) is 17.9 Å². The molecule has 2 unspecified atom stereocenters. The van der Waals surface area contributed by atoms with Crippen LogP contribution in [0.5, 0.6) is 0 Å². The Kier molecular flexibility index (Phi) is 2.94. The lowest BCUT2D eigenvalue weighted by Gasteiger charge is -2.30. The summed E-state index contributed by atoms with van der Waals surface area (Å²) >= 11 is 0. The van der Waals surface area contributed by atoms with E-state index in [-0.39, 0.29) is 0 Å². The summed E-state index contributed by atoms with van der Waals surface area (Å²) in [6.45, 7) is 5.56. The number of para-hydroxylation sites is 1. The predicted molar refractivity (Wildman–Crippen MR) is 109 cm³/mol. The Morgan fingerprint density at radius 2 is 1.93 bits per heavy atom. The molecule has 4 aromatic rings. The molecular weight excluding hydrogens is 334 g/mol. The number of rotatable bonds is 1. The second-order valence-electron chi connectivity index (χ2n) is 7.74. The third kappa shape index (κ3) is 1.95. The van der Waals surface area contributed by atoms with E-state index in [0.717, 1.165) is 35.0 Å². The Morgan fingerprint density at radius 3 is 2.85 bits per heavy atom. The van der Waals surface area contributed by atoms with E-state index >= 15 is 0 Å². The van der Waals surface area contributed by atoms with Crippen LogP contribution in [0.15, 0.2) is 59.1 Å². The van der Waals surface area contributed by atoms with Crippen molar-refractivity contribution in [2.75, 3.05) is 16.3 Å². The quantitative estimate of drug-likeness (QED) is 0.487. The maximum absolute atomic E-state index is 6.28. The lowest BCUT2D eigenvalue weighted by molar-refractivity contribution is 0.631. The van der Waals surface area contributed by atoms with Crippen molar-refractivity contribution >= 4 is 33.4 Å². The van der Waals surface area contributed by atoms with E-state index in [4.69, 9.17) is 4.42 Å². The number of pyridine rings is 1. The van der Waals surface area contributed by atoms with Gasteiger partial charge in [0, 0.05) is 29.2 Å². The van der Waals surface area contributed by atoms with Crippen molar-refractivity contribution in [3.8, 4) is 0 Å². The molecule has 0 radical (unpaired) electrons. The third-order valence-electron chi connectivity index (χ3n) is 6.26. The van der Waals surface area contributed by atoms with Gasteiger partial charge < -0.3 is 14.2 Å². The summed E-state index contributed by atoms with van der Waals surface area (Å²) in [6.07, 6.45) is 3.17. The SMILES string of the molecule is Cc1ccc2c(oc3ncccc32)c1N1C2Cc3ccccc3N(C2)C1C. The molecule has 2 aliphatic rings. The minimum absolute atomic E-state index is 0.295. The van der Waals surface area contributed by atoms with Crippen LogP contribution in [0.3, 0.4) is 0 Å². The zero-order chi connectivity index (χ0) is 18.1. The fraction of sp³-hybridized carbons (Fsp3) is 0.261. The molecule has 4 nitrogen and oxygen atoms in total. The van der Waals surface area contributed by atoms with Gasteiger partial charge in [-0.1, -0.05) is 30.3 Å². The molecule has 2 atom stereocenters. The van der Waals surface area contributed by atoms with Gasteiger partial charge in [-0.3, -0.25) is 0 Å². The number of hydrogen-bond acceptors (Lipinski definition) is 4. The van der Waals surface area contributed by atoms with E-state index < -0.39 is 0 Å². The molecule has 0 N–H and O–H groups in total. The average molecular weight is 355 g/mol. The van der Waals surface area contributed by atoms with Crippen molar-refractivity contribution < 1.29 is 4.42 Å². The fourth-order valence-corrected chi connectivity index (χ4v) is 5.05. The molecular formula is C23H21N3O. The smallest absolute Gasteiger partial charge is 0.227 e. The van der Waals surface area contributed by atoms with Gasteiger partial charge in [-0.15, -0.1) is 0 Å². The van der Waals surface area contributed by atoms with E-state index in [1.165, 1.54) is 22.5 Å². The van der Waals surface area contributed by atoms with Gasteiger partial charge in [-0.2, -0.15) is 0 Å². The molecule has 2 aromatic heterocycles. The Labute approximate surface area is 158 Å². The predicted octanol–water partition coefficient (Wildman–Crippen LogP) is 4.89. The van der Waals surface area contributed by atoms with E-state index in [1.54, 1.807) is 6.20 Å². The summed E-state index contributed by atoms with van der Waals surface area (Å²) in [7, 11) is 0. The van der Waals surface area contributed by atoms with E-state index in [0.29, 0.717) is 12.2 Å². The first-order valence-corrected chi connectivity index (χ1v) is 9.62. The van der Waals surface area contributed by atoms with Crippen LogP contribution in [0.25, 0.3) is 22.1 Å². The number of aryl methyl sites for hydroxylation is 1. The van der Waals surface area contributed by atoms with Gasteiger partial charge in [0.25, 0.3) is 0 Å². The maximum Gasteiger partial charge on any atom is 0.227 e. The van der Waals surface area contributed by atoms with Crippen LogP contribution in [0.4, 0.5) is 11.4 Å². The van der Waals surface area contributed by atoms with Crippen LogP contribution in [0.1, 0.15) is 18.1 Å². The van der Waals surface area contributed by atoms with Crippen molar-refractivity contribution in [2.24, 2.45) is 0 Å². The van der Waals surface area contributed by atoms with E-state index in [2.05, 4.69) is 71.1 Å². The number of nitrogens with zero attached hydrogens (tertiary/aromatic N) is 3. The van der Waals surface area contributed by atoms with Crippen LogP contribution < -0.4 is 9.80 Å².